The number of nitrogens with one attached hydrogen (secondary N) is 1. The van der Waals surface area contributed by atoms with Crippen LogP contribution in [0.15, 0.2) is 6.20 Å². The predicted octanol–water partition coefficient (Wildman–Crippen LogP) is -0.341. The van der Waals surface area contributed by atoms with Gasteiger partial charge in [0.2, 0.25) is 6.41 Å². The Morgan fingerprint density at radius 2 is 2.69 bits per heavy atom. The van der Waals surface area contributed by atoms with Crippen LogP contribution in [0.25, 0.3) is 0 Å². The molecule has 0 aromatic carbocycles. The topological polar surface area (TPSA) is 56.2 Å². The average molecular weight is 181 g/mol. The van der Waals surface area contributed by atoms with Crippen molar-refractivity contribution < 1.29 is 9.53 Å². The molecule has 0 unspecified atom stereocenters. The third-order valence-corrected chi connectivity index (χ3v) is 1.98. The number of ether oxygens (including phenoxy) is 1. The smallest absolute Gasteiger partial charge is 0.207 e. The summed E-state index contributed by atoms with van der Waals surface area (Å²) in [6.07, 6.45) is 2.63. The van der Waals surface area contributed by atoms with Crippen molar-refractivity contribution in [1.29, 1.82) is 0 Å². The van der Waals surface area contributed by atoms with Crippen LogP contribution in [-0.2, 0) is 29.2 Å². The number of rotatable bonds is 3. The summed E-state index contributed by atoms with van der Waals surface area (Å²) in [6, 6.07) is 0. The SMILES string of the molecule is O=CNCc1cn2c(n1)COCC2. The van der Waals surface area contributed by atoms with Gasteiger partial charge >= 0.3 is 0 Å². The number of aromatic nitrogens is 2. The number of carbonyl (C=O) groups is 1. The van der Waals surface area contributed by atoms with Gasteiger partial charge < -0.3 is 14.6 Å². The summed E-state index contributed by atoms with van der Waals surface area (Å²) < 4.78 is 7.30. The second kappa shape index (κ2) is 3.57. The Balaban J connectivity index is 2.11. The molecule has 0 bridgehead atoms. The fourth-order valence-corrected chi connectivity index (χ4v) is 1.38. The first kappa shape index (κ1) is 8.25. The van der Waals surface area contributed by atoms with E-state index in [4.69, 9.17) is 4.74 Å². The molecule has 5 heteroatoms. The molecule has 0 radical (unpaired) electrons. The standard InChI is InChI=1S/C8H11N3O2/c12-6-9-3-7-4-11-1-2-13-5-8(11)10-7/h4,6H,1-3,5H2,(H,9,12). The monoisotopic (exact) mass is 181 g/mol. The molecule has 1 aromatic rings. The van der Waals surface area contributed by atoms with Crippen molar-refractivity contribution in [2.45, 2.75) is 19.7 Å². The molecule has 0 saturated carbocycles. The van der Waals surface area contributed by atoms with Crippen LogP contribution in [0.5, 0.6) is 0 Å². The lowest BCUT2D eigenvalue weighted by atomic mass is 10.5. The third-order valence-electron chi connectivity index (χ3n) is 1.98. The summed E-state index contributed by atoms with van der Waals surface area (Å²) in [7, 11) is 0. The Morgan fingerprint density at radius 1 is 1.77 bits per heavy atom. The van der Waals surface area contributed by atoms with Gasteiger partial charge in [-0.15, -0.1) is 0 Å². The number of fused-ring (bicyclic) bond motifs is 1. The van der Waals surface area contributed by atoms with Crippen molar-refractivity contribution in [2.24, 2.45) is 0 Å². The van der Waals surface area contributed by atoms with E-state index in [2.05, 4.69) is 14.9 Å². The zero-order valence-electron chi connectivity index (χ0n) is 7.19. The Hall–Kier alpha value is -1.36. The second-order valence-electron chi connectivity index (χ2n) is 2.89. The van der Waals surface area contributed by atoms with Crippen LogP contribution < -0.4 is 5.32 Å². The van der Waals surface area contributed by atoms with Gasteiger partial charge in [-0.3, -0.25) is 4.79 Å². The van der Waals surface area contributed by atoms with Crippen LogP contribution in [-0.4, -0.2) is 22.6 Å². The Bertz CT molecular complexity index is 285. The van der Waals surface area contributed by atoms with Crippen molar-refractivity contribution in [3.63, 3.8) is 0 Å². The van der Waals surface area contributed by atoms with E-state index >= 15 is 0 Å². The van der Waals surface area contributed by atoms with E-state index in [1.54, 1.807) is 0 Å². The first-order valence-electron chi connectivity index (χ1n) is 4.20. The highest BCUT2D eigenvalue weighted by atomic mass is 16.5. The molecule has 2 rings (SSSR count). The molecule has 1 N–H and O–H groups in total. The molecule has 0 saturated heterocycles. The fourth-order valence-electron chi connectivity index (χ4n) is 1.38. The van der Waals surface area contributed by atoms with Gasteiger partial charge in [0.25, 0.3) is 0 Å². The summed E-state index contributed by atoms with van der Waals surface area (Å²) in [5.41, 5.74) is 0.882. The number of carbonyl (C=O) groups excluding carboxylic acids is 1. The number of hydrogen-bond donors (Lipinski definition) is 1. The van der Waals surface area contributed by atoms with E-state index in [0.29, 0.717) is 19.6 Å². The maximum Gasteiger partial charge on any atom is 0.207 e. The molecule has 0 spiro atoms. The fraction of sp³-hybridized carbons (Fsp3) is 0.500. The lowest BCUT2D eigenvalue weighted by Gasteiger charge is -2.13. The first-order chi connectivity index (χ1) is 6.40. The molecule has 1 aliphatic heterocycles. The van der Waals surface area contributed by atoms with Gasteiger partial charge in [-0.2, -0.15) is 0 Å². The van der Waals surface area contributed by atoms with Crippen LogP contribution in [0.3, 0.4) is 0 Å². The van der Waals surface area contributed by atoms with E-state index < -0.39 is 0 Å². The minimum atomic E-state index is 0.490. The quantitative estimate of drug-likeness (QED) is 0.649. The third kappa shape index (κ3) is 1.70. The Kier molecular flexibility index (Phi) is 2.27. The molecule has 1 aromatic heterocycles. The summed E-state index contributed by atoms with van der Waals surface area (Å²) in [6.45, 7) is 2.65. The first-order valence-corrected chi connectivity index (χ1v) is 4.20. The van der Waals surface area contributed by atoms with E-state index in [1.807, 2.05) is 6.20 Å². The van der Waals surface area contributed by atoms with Gasteiger partial charge in [0.1, 0.15) is 12.4 Å². The van der Waals surface area contributed by atoms with Crippen LogP contribution in [0.2, 0.25) is 0 Å². The molecule has 0 fully saturated rings. The van der Waals surface area contributed by atoms with Gasteiger partial charge in [-0.1, -0.05) is 0 Å². The molecule has 70 valence electrons. The minimum absolute atomic E-state index is 0.490. The summed E-state index contributed by atoms with van der Waals surface area (Å²) in [5.74, 6) is 0.939. The zero-order valence-corrected chi connectivity index (χ0v) is 7.19. The van der Waals surface area contributed by atoms with Crippen molar-refractivity contribution in [2.75, 3.05) is 6.61 Å². The van der Waals surface area contributed by atoms with E-state index in [9.17, 15) is 4.79 Å². The molecular formula is C8H11N3O2. The lowest BCUT2D eigenvalue weighted by molar-refractivity contribution is -0.109. The van der Waals surface area contributed by atoms with Crippen LogP contribution in [0, 0.1) is 0 Å². The molecular weight excluding hydrogens is 170 g/mol. The highest BCUT2D eigenvalue weighted by molar-refractivity contribution is 5.45. The summed E-state index contributed by atoms with van der Waals surface area (Å²) in [4.78, 5) is 14.4. The molecule has 1 amide bonds. The minimum Gasteiger partial charge on any atom is -0.372 e. The van der Waals surface area contributed by atoms with E-state index in [1.165, 1.54) is 0 Å². The van der Waals surface area contributed by atoms with Gasteiger partial charge in [-0.25, -0.2) is 4.98 Å². The number of nitrogens with zero attached hydrogens (tertiary/aromatic N) is 2. The number of imidazole rings is 1. The lowest BCUT2D eigenvalue weighted by Crippen LogP contribution is -2.15. The molecule has 5 nitrogen and oxygen atoms in total. The van der Waals surface area contributed by atoms with Crippen LogP contribution in [0.4, 0.5) is 0 Å². The highest BCUT2D eigenvalue weighted by Crippen LogP contribution is 2.09. The maximum absolute atomic E-state index is 10.1. The molecule has 2 heterocycles. The summed E-state index contributed by atoms with van der Waals surface area (Å²) >= 11 is 0. The maximum atomic E-state index is 10.1. The largest absolute Gasteiger partial charge is 0.372 e. The molecule has 13 heavy (non-hydrogen) atoms. The number of hydrogen-bond acceptors (Lipinski definition) is 3. The molecule has 0 atom stereocenters. The van der Waals surface area contributed by atoms with Crippen molar-refractivity contribution >= 4 is 6.41 Å². The van der Waals surface area contributed by atoms with Gasteiger partial charge in [-0.05, 0) is 0 Å². The normalized spacial score (nSPS) is 15.1. The molecule has 1 aliphatic rings. The summed E-state index contributed by atoms with van der Waals surface area (Å²) in [5, 5.41) is 2.58. The number of amides is 1. The van der Waals surface area contributed by atoms with Crippen LogP contribution in [0.1, 0.15) is 11.5 Å². The zero-order chi connectivity index (χ0) is 9.10. The van der Waals surface area contributed by atoms with Crippen molar-refractivity contribution in [1.82, 2.24) is 14.9 Å². The Morgan fingerprint density at radius 3 is 3.46 bits per heavy atom. The average Bonchev–Trinajstić information content (AvgIpc) is 2.57. The van der Waals surface area contributed by atoms with E-state index in [-0.39, 0.29) is 0 Å². The van der Waals surface area contributed by atoms with Crippen molar-refractivity contribution in [3.05, 3.63) is 17.7 Å². The van der Waals surface area contributed by atoms with Gasteiger partial charge in [0.05, 0.1) is 18.8 Å². The highest BCUT2D eigenvalue weighted by Gasteiger charge is 2.11. The second-order valence-corrected chi connectivity index (χ2v) is 2.89. The van der Waals surface area contributed by atoms with Gasteiger partial charge in [0.15, 0.2) is 0 Å². The van der Waals surface area contributed by atoms with Crippen molar-refractivity contribution in [3.8, 4) is 0 Å². The Labute approximate surface area is 75.7 Å². The van der Waals surface area contributed by atoms with E-state index in [0.717, 1.165) is 24.7 Å². The van der Waals surface area contributed by atoms with Gasteiger partial charge in [0, 0.05) is 12.7 Å². The predicted molar refractivity (Wildman–Crippen MR) is 44.8 cm³/mol. The van der Waals surface area contributed by atoms with Crippen LogP contribution >= 0.6 is 0 Å². The molecule has 0 aliphatic carbocycles.